The molecule has 0 aliphatic heterocycles. The van der Waals surface area contributed by atoms with E-state index in [1.54, 1.807) is 0 Å². The van der Waals surface area contributed by atoms with Gasteiger partial charge in [-0.05, 0) is 42.1 Å². The number of fused-ring (bicyclic) bond motifs is 1. The van der Waals surface area contributed by atoms with Crippen LogP contribution in [0.2, 0.25) is 0 Å². The van der Waals surface area contributed by atoms with Gasteiger partial charge in [0.15, 0.2) is 0 Å². The molecule has 1 saturated carbocycles. The Balaban J connectivity index is 2.44. The van der Waals surface area contributed by atoms with Crippen molar-refractivity contribution < 1.29 is 15.3 Å². The molecule has 0 saturated heterocycles. The van der Waals surface area contributed by atoms with Crippen molar-refractivity contribution in [3.63, 3.8) is 0 Å². The normalized spacial score (nSPS) is 39.7. The number of hydrogen-bond donors (Lipinski definition) is 3. The molecule has 0 aromatic carbocycles. The van der Waals surface area contributed by atoms with Crippen molar-refractivity contribution in [2.45, 2.75) is 46.1 Å². The molecular formula is C15H26O3. The fourth-order valence-corrected chi connectivity index (χ4v) is 3.96. The maximum Gasteiger partial charge on any atom is 0.0649 e. The van der Waals surface area contributed by atoms with Crippen LogP contribution in [-0.2, 0) is 0 Å². The lowest BCUT2D eigenvalue weighted by atomic mass is 9.83. The Morgan fingerprint density at radius 3 is 2.50 bits per heavy atom. The van der Waals surface area contributed by atoms with Crippen molar-refractivity contribution in [1.82, 2.24) is 0 Å². The average Bonchev–Trinajstić information content (AvgIpc) is 2.57. The third kappa shape index (κ3) is 2.36. The molecule has 1 fully saturated rings. The van der Waals surface area contributed by atoms with Crippen LogP contribution in [0.4, 0.5) is 0 Å². The van der Waals surface area contributed by atoms with E-state index in [1.807, 2.05) is 0 Å². The molecule has 0 bridgehead atoms. The molecule has 18 heavy (non-hydrogen) atoms. The quantitative estimate of drug-likeness (QED) is 0.658. The summed E-state index contributed by atoms with van der Waals surface area (Å²) in [4.78, 5) is 0. The smallest absolute Gasteiger partial charge is 0.0649 e. The highest BCUT2D eigenvalue weighted by Crippen LogP contribution is 2.52. The molecule has 0 radical (unpaired) electrons. The summed E-state index contributed by atoms with van der Waals surface area (Å²) >= 11 is 0. The van der Waals surface area contributed by atoms with Crippen molar-refractivity contribution >= 4 is 0 Å². The van der Waals surface area contributed by atoms with Gasteiger partial charge < -0.3 is 15.3 Å². The van der Waals surface area contributed by atoms with Crippen LogP contribution >= 0.6 is 0 Å². The zero-order valence-corrected chi connectivity index (χ0v) is 11.7. The molecule has 3 N–H and O–H groups in total. The van der Waals surface area contributed by atoms with E-state index >= 15 is 0 Å². The van der Waals surface area contributed by atoms with Crippen molar-refractivity contribution in [2.24, 2.45) is 23.2 Å². The monoisotopic (exact) mass is 254 g/mol. The summed E-state index contributed by atoms with van der Waals surface area (Å²) in [7, 11) is 0. The van der Waals surface area contributed by atoms with Crippen LogP contribution in [0.15, 0.2) is 11.1 Å². The second-order valence-electron chi connectivity index (χ2n) is 6.93. The van der Waals surface area contributed by atoms with Gasteiger partial charge in [-0.3, -0.25) is 0 Å². The summed E-state index contributed by atoms with van der Waals surface area (Å²) in [5.41, 5.74) is 2.49. The molecule has 3 nitrogen and oxygen atoms in total. The topological polar surface area (TPSA) is 60.7 Å². The first-order chi connectivity index (χ1) is 8.39. The first kappa shape index (κ1) is 14.0. The maximum atomic E-state index is 10.2. The van der Waals surface area contributed by atoms with Gasteiger partial charge >= 0.3 is 0 Å². The van der Waals surface area contributed by atoms with E-state index < -0.39 is 6.10 Å². The van der Waals surface area contributed by atoms with Crippen molar-refractivity contribution in [1.29, 1.82) is 0 Å². The zero-order chi connectivity index (χ0) is 13.5. The second kappa shape index (κ2) is 4.95. The van der Waals surface area contributed by atoms with E-state index in [2.05, 4.69) is 20.8 Å². The van der Waals surface area contributed by atoms with Crippen molar-refractivity contribution in [3.8, 4) is 0 Å². The van der Waals surface area contributed by atoms with E-state index in [0.29, 0.717) is 11.8 Å². The molecule has 3 heteroatoms. The van der Waals surface area contributed by atoms with E-state index in [4.69, 9.17) is 0 Å². The van der Waals surface area contributed by atoms with Crippen LogP contribution in [0, 0.1) is 23.2 Å². The van der Waals surface area contributed by atoms with Gasteiger partial charge in [0.2, 0.25) is 0 Å². The lowest BCUT2D eigenvalue weighted by Crippen LogP contribution is -2.28. The van der Waals surface area contributed by atoms with Crippen LogP contribution in [0.1, 0.15) is 40.0 Å². The summed E-state index contributed by atoms with van der Waals surface area (Å²) in [6.45, 7) is 6.61. The molecule has 0 heterocycles. The van der Waals surface area contributed by atoms with Gasteiger partial charge in [0.05, 0.1) is 19.3 Å². The third-order valence-electron chi connectivity index (χ3n) is 4.88. The SMILES string of the molecule is C[C@H]1C[C@H](O)[C@H](CO)C(CO)=C2CC(C)(C)C[C@H]21. The molecule has 0 amide bonds. The molecule has 4 atom stereocenters. The lowest BCUT2D eigenvalue weighted by molar-refractivity contribution is 0.0615. The van der Waals surface area contributed by atoms with Crippen LogP contribution < -0.4 is 0 Å². The van der Waals surface area contributed by atoms with Gasteiger partial charge in [-0.2, -0.15) is 0 Å². The highest BCUT2D eigenvalue weighted by Gasteiger charge is 2.43. The first-order valence-electron chi connectivity index (χ1n) is 7.01. The summed E-state index contributed by atoms with van der Waals surface area (Å²) in [5, 5.41) is 29.4. The molecule has 0 spiro atoms. The van der Waals surface area contributed by atoms with Gasteiger partial charge in [0.25, 0.3) is 0 Å². The Morgan fingerprint density at radius 1 is 1.28 bits per heavy atom. The fraction of sp³-hybridized carbons (Fsp3) is 0.867. The number of aliphatic hydroxyl groups excluding tert-OH is 3. The molecule has 2 rings (SSSR count). The van der Waals surface area contributed by atoms with Crippen LogP contribution in [0.5, 0.6) is 0 Å². The molecule has 2 aliphatic rings. The average molecular weight is 254 g/mol. The Bertz CT molecular complexity index is 346. The van der Waals surface area contributed by atoms with Crippen molar-refractivity contribution in [3.05, 3.63) is 11.1 Å². The summed E-state index contributed by atoms with van der Waals surface area (Å²) < 4.78 is 0. The minimum Gasteiger partial charge on any atom is -0.396 e. The predicted molar refractivity (Wildman–Crippen MR) is 71.0 cm³/mol. The fourth-order valence-electron chi connectivity index (χ4n) is 3.96. The lowest BCUT2D eigenvalue weighted by Gasteiger charge is -2.24. The van der Waals surface area contributed by atoms with E-state index in [1.165, 1.54) is 5.57 Å². The van der Waals surface area contributed by atoms with E-state index in [-0.39, 0.29) is 24.5 Å². The number of hydrogen-bond acceptors (Lipinski definition) is 3. The van der Waals surface area contributed by atoms with Crippen molar-refractivity contribution in [2.75, 3.05) is 13.2 Å². The van der Waals surface area contributed by atoms with E-state index in [0.717, 1.165) is 24.8 Å². The van der Waals surface area contributed by atoms with Gasteiger partial charge in [0, 0.05) is 5.92 Å². The molecule has 0 unspecified atom stereocenters. The Hall–Kier alpha value is -0.380. The molecule has 2 aliphatic carbocycles. The van der Waals surface area contributed by atoms with E-state index in [9.17, 15) is 15.3 Å². The first-order valence-corrected chi connectivity index (χ1v) is 7.01. The van der Waals surface area contributed by atoms with Crippen LogP contribution in [0.3, 0.4) is 0 Å². The Morgan fingerprint density at radius 2 is 1.94 bits per heavy atom. The molecular weight excluding hydrogens is 228 g/mol. The highest BCUT2D eigenvalue weighted by atomic mass is 16.3. The maximum absolute atomic E-state index is 10.2. The zero-order valence-electron chi connectivity index (χ0n) is 11.7. The van der Waals surface area contributed by atoms with Gasteiger partial charge in [-0.15, -0.1) is 0 Å². The second-order valence-corrected chi connectivity index (χ2v) is 6.93. The van der Waals surface area contributed by atoms with Gasteiger partial charge in [-0.25, -0.2) is 0 Å². The minimum absolute atomic E-state index is 0.0308. The largest absolute Gasteiger partial charge is 0.396 e. The predicted octanol–water partition coefficient (Wildman–Crippen LogP) is 1.72. The number of aliphatic hydroxyl groups is 3. The summed E-state index contributed by atoms with van der Waals surface area (Å²) in [5.74, 6) is 0.620. The summed E-state index contributed by atoms with van der Waals surface area (Å²) in [6, 6.07) is 0. The molecule has 0 aromatic rings. The van der Waals surface area contributed by atoms with Gasteiger partial charge in [0.1, 0.15) is 0 Å². The molecule has 104 valence electrons. The minimum atomic E-state index is -0.520. The highest BCUT2D eigenvalue weighted by molar-refractivity contribution is 5.28. The molecule has 0 aromatic heterocycles. The number of rotatable bonds is 2. The Kier molecular flexibility index (Phi) is 3.86. The third-order valence-corrected chi connectivity index (χ3v) is 4.88. The van der Waals surface area contributed by atoms with Gasteiger partial charge in [-0.1, -0.05) is 26.3 Å². The standard InChI is InChI=1S/C15H26O3/c1-9-4-14(18)13(8-17)12(7-16)11-6-15(2,3)5-10(9)11/h9-10,13-14,16-18H,4-8H2,1-3H3/t9-,10-,13+,14-/m0/s1. The number of allylic oxidation sites excluding steroid dienone is 1. The van der Waals surface area contributed by atoms with Crippen LogP contribution in [0.25, 0.3) is 0 Å². The Labute approximate surface area is 110 Å². The van der Waals surface area contributed by atoms with Crippen LogP contribution in [-0.4, -0.2) is 34.6 Å². The summed E-state index contributed by atoms with van der Waals surface area (Å²) in [6.07, 6.45) is 2.31.